The van der Waals surface area contributed by atoms with E-state index in [1.165, 1.54) is 0 Å². The van der Waals surface area contributed by atoms with Crippen LogP contribution >= 0.6 is 15.9 Å². The topological polar surface area (TPSA) is 35.2 Å². The first-order chi connectivity index (χ1) is 7.15. The number of hydrogen-bond donors (Lipinski definition) is 1. The third kappa shape index (κ3) is 3.68. The second-order valence-corrected chi connectivity index (χ2v) is 4.31. The molecule has 0 aliphatic heterocycles. The lowest BCUT2D eigenvalue weighted by atomic mass is 10.1. The summed E-state index contributed by atoms with van der Waals surface area (Å²) in [5.41, 5.74) is 6.89. The molecule has 0 bridgehead atoms. The Hall–Kier alpha value is -0.800. The first-order valence-electron chi connectivity index (χ1n) is 4.94. The molecule has 0 saturated carbocycles. The molecule has 0 saturated heterocycles. The Kier molecular flexibility index (Phi) is 4.85. The number of benzene rings is 1. The molecular weight excluding hydrogens is 254 g/mol. The van der Waals surface area contributed by atoms with Gasteiger partial charge in [0.1, 0.15) is 5.75 Å². The molecule has 2 nitrogen and oxygen atoms in total. The van der Waals surface area contributed by atoms with Crippen molar-refractivity contribution in [3.05, 3.63) is 40.9 Å². The summed E-state index contributed by atoms with van der Waals surface area (Å²) >= 11 is 3.42. The van der Waals surface area contributed by atoms with E-state index in [-0.39, 0.29) is 6.04 Å². The molecule has 1 rings (SSSR count). The third-order valence-corrected chi connectivity index (χ3v) is 2.54. The molecule has 3 heteroatoms. The van der Waals surface area contributed by atoms with E-state index in [0.717, 1.165) is 22.2 Å². The SMILES string of the molecule is C=CCCOc1ccc(Br)cc1[C@@H](C)N. The molecule has 1 aromatic rings. The highest BCUT2D eigenvalue weighted by atomic mass is 79.9. The van der Waals surface area contributed by atoms with Crippen molar-refractivity contribution in [1.82, 2.24) is 0 Å². The molecule has 15 heavy (non-hydrogen) atoms. The molecule has 1 aromatic carbocycles. The molecule has 0 radical (unpaired) electrons. The monoisotopic (exact) mass is 269 g/mol. The molecule has 0 aromatic heterocycles. The molecule has 1 atom stereocenters. The summed E-state index contributed by atoms with van der Waals surface area (Å²) < 4.78 is 6.64. The van der Waals surface area contributed by atoms with Crippen LogP contribution in [0.4, 0.5) is 0 Å². The highest BCUT2D eigenvalue weighted by Crippen LogP contribution is 2.27. The van der Waals surface area contributed by atoms with Gasteiger partial charge >= 0.3 is 0 Å². The lowest BCUT2D eigenvalue weighted by molar-refractivity contribution is 0.320. The minimum atomic E-state index is -0.0266. The van der Waals surface area contributed by atoms with E-state index < -0.39 is 0 Å². The predicted octanol–water partition coefficient (Wildman–Crippen LogP) is 3.42. The lowest BCUT2D eigenvalue weighted by Crippen LogP contribution is -2.08. The summed E-state index contributed by atoms with van der Waals surface area (Å²) in [4.78, 5) is 0. The summed E-state index contributed by atoms with van der Waals surface area (Å²) in [7, 11) is 0. The van der Waals surface area contributed by atoms with Crippen LogP contribution in [0.3, 0.4) is 0 Å². The fourth-order valence-corrected chi connectivity index (χ4v) is 1.64. The number of rotatable bonds is 5. The largest absolute Gasteiger partial charge is 0.493 e. The van der Waals surface area contributed by atoms with Crippen LogP contribution < -0.4 is 10.5 Å². The van der Waals surface area contributed by atoms with Gasteiger partial charge in [-0.15, -0.1) is 6.58 Å². The van der Waals surface area contributed by atoms with E-state index in [9.17, 15) is 0 Å². The molecule has 0 fully saturated rings. The maximum absolute atomic E-state index is 5.87. The standard InChI is InChI=1S/C12H16BrNO/c1-3-4-7-15-12-6-5-10(13)8-11(12)9(2)14/h3,5-6,8-9H,1,4,7,14H2,2H3/t9-/m1/s1. The number of halogens is 1. The van der Waals surface area contributed by atoms with Crippen molar-refractivity contribution in [3.8, 4) is 5.75 Å². The van der Waals surface area contributed by atoms with Crippen molar-refractivity contribution in [2.24, 2.45) is 5.73 Å². The van der Waals surface area contributed by atoms with Crippen LogP contribution in [-0.2, 0) is 0 Å². The van der Waals surface area contributed by atoms with E-state index in [0.29, 0.717) is 6.61 Å². The summed E-state index contributed by atoms with van der Waals surface area (Å²) in [5, 5.41) is 0. The Labute approximate surface area is 99.3 Å². The van der Waals surface area contributed by atoms with Crippen molar-refractivity contribution in [2.45, 2.75) is 19.4 Å². The van der Waals surface area contributed by atoms with Crippen LogP contribution in [0.15, 0.2) is 35.3 Å². The van der Waals surface area contributed by atoms with E-state index >= 15 is 0 Å². The van der Waals surface area contributed by atoms with E-state index in [1.807, 2.05) is 31.2 Å². The van der Waals surface area contributed by atoms with Gasteiger partial charge in [0.25, 0.3) is 0 Å². The molecule has 0 aliphatic rings. The smallest absolute Gasteiger partial charge is 0.124 e. The number of hydrogen-bond acceptors (Lipinski definition) is 2. The van der Waals surface area contributed by atoms with Crippen LogP contribution in [0.2, 0.25) is 0 Å². The summed E-state index contributed by atoms with van der Waals surface area (Å²) in [6.07, 6.45) is 2.68. The summed E-state index contributed by atoms with van der Waals surface area (Å²) in [5.74, 6) is 0.857. The number of nitrogens with two attached hydrogens (primary N) is 1. The molecule has 0 aliphatic carbocycles. The average molecular weight is 270 g/mol. The van der Waals surface area contributed by atoms with E-state index in [1.54, 1.807) is 0 Å². The Morgan fingerprint density at radius 3 is 2.93 bits per heavy atom. The molecular formula is C12H16BrNO. The maximum atomic E-state index is 5.87. The zero-order chi connectivity index (χ0) is 11.3. The molecule has 2 N–H and O–H groups in total. The van der Waals surface area contributed by atoms with Gasteiger partial charge in [-0.2, -0.15) is 0 Å². The Morgan fingerprint density at radius 1 is 1.60 bits per heavy atom. The Morgan fingerprint density at radius 2 is 2.33 bits per heavy atom. The van der Waals surface area contributed by atoms with Crippen LogP contribution in [-0.4, -0.2) is 6.61 Å². The van der Waals surface area contributed by atoms with Crippen LogP contribution in [0.5, 0.6) is 5.75 Å². The Bertz CT molecular complexity index is 336. The maximum Gasteiger partial charge on any atom is 0.124 e. The minimum absolute atomic E-state index is 0.0266. The molecule has 0 amide bonds. The third-order valence-electron chi connectivity index (χ3n) is 2.04. The Balaban J connectivity index is 2.81. The molecule has 82 valence electrons. The van der Waals surface area contributed by atoms with Crippen molar-refractivity contribution in [2.75, 3.05) is 6.61 Å². The van der Waals surface area contributed by atoms with Gasteiger partial charge in [0.15, 0.2) is 0 Å². The van der Waals surface area contributed by atoms with Crippen LogP contribution in [0.1, 0.15) is 24.9 Å². The first kappa shape index (κ1) is 12.3. The van der Waals surface area contributed by atoms with Gasteiger partial charge in [-0.05, 0) is 31.5 Å². The van der Waals surface area contributed by atoms with Gasteiger partial charge in [0.05, 0.1) is 6.61 Å². The van der Waals surface area contributed by atoms with Crippen molar-refractivity contribution >= 4 is 15.9 Å². The van der Waals surface area contributed by atoms with Crippen molar-refractivity contribution < 1.29 is 4.74 Å². The zero-order valence-corrected chi connectivity index (χ0v) is 10.5. The van der Waals surface area contributed by atoms with Gasteiger partial charge in [-0.1, -0.05) is 22.0 Å². The summed E-state index contributed by atoms with van der Waals surface area (Å²) in [6, 6.07) is 5.86. The van der Waals surface area contributed by atoms with Crippen LogP contribution in [0, 0.1) is 0 Å². The fourth-order valence-electron chi connectivity index (χ4n) is 1.26. The first-order valence-corrected chi connectivity index (χ1v) is 5.73. The average Bonchev–Trinajstić information content (AvgIpc) is 2.20. The highest BCUT2D eigenvalue weighted by molar-refractivity contribution is 9.10. The minimum Gasteiger partial charge on any atom is -0.493 e. The van der Waals surface area contributed by atoms with Gasteiger partial charge < -0.3 is 10.5 Å². The van der Waals surface area contributed by atoms with Gasteiger partial charge in [0, 0.05) is 16.1 Å². The lowest BCUT2D eigenvalue weighted by Gasteiger charge is -2.13. The van der Waals surface area contributed by atoms with Gasteiger partial charge in [-0.3, -0.25) is 0 Å². The van der Waals surface area contributed by atoms with Gasteiger partial charge in [0.2, 0.25) is 0 Å². The quantitative estimate of drug-likeness (QED) is 0.657. The number of ether oxygens (including phenoxy) is 1. The highest BCUT2D eigenvalue weighted by Gasteiger charge is 2.08. The van der Waals surface area contributed by atoms with E-state index in [2.05, 4.69) is 22.5 Å². The second kappa shape index (κ2) is 5.93. The van der Waals surface area contributed by atoms with Crippen molar-refractivity contribution in [3.63, 3.8) is 0 Å². The second-order valence-electron chi connectivity index (χ2n) is 3.40. The predicted molar refractivity (Wildman–Crippen MR) is 67.1 cm³/mol. The summed E-state index contributed by atoms with van der Waals surface area (Å²) in [6.45, 7) is 6.24. The fraction of sp³-hybridized carbons (Fsp3) is 0.333. The molecule has 0 unspecified atom stereocenters. The molecule has 0 heterocycles. The van der Waals surface area contributed by atoms with Gasteiger partial charge in [-0.25, -0.2) is 0 Å². The van der Waals surface area contributed by atoms with E-state index in [4.69, 9.17) is 10.5 Å². The van der Waals surface area contributed by atoms with Crippen LogP contribution in [0.25, 0.3) is 0 Å². The van der Waals surface area contributed by atoms with Crippen molar-refractivity contribution in [1.29, 1.82) is 0 Å². The normalized spacial score (nSPS) is 12.2. The molecule has 0 spiro atoms. The zero-order valence-electron chi connectivity index (χ0n) is 8.87.